The number of nitrogens with zero attached hydrogens (tertiary/aromatic N) is 1. The molecule has 3 nitrogen and oxygen atoms in total. The SMILES string of the molecule is CCCN(Cc1cc2ccccc2o1)C1CCC(N)CC1. The number of para-hydroxylation sites is 1. The second-order valence-corrected chi connectivity index (χ2v) is 6.29. The molecule has 0 unspecified atom stereocenters. The fourth-order valence-corrected chi connectivity index (χ4v) is 3.46. The van der Waals surface area contributed by atoms with Gasteiger partial charge < -0.3 is 10.2 Å². The average Bonchev–Trinajstić information content (AvgIpc) is 2.90. The predicted molar refractivity (Wildman–Crippen MR) is 87.1 cm³/mol. The molecule has 3 heteroatoms. The molecule has 114 valence electrons. The lowest BCUT2D eigenvalue weighted by atomic mass is 9.90. The summed E-state index contributed by atoms with van der Waals surface area (Å²) in [6, 6.07) is 11.5. The van der Waals surface area contributed by atoms with E-state index in [1.807, 2.05) is 12.1 Å². The standard InChI is InChI=1S/C18H26N2O/c1-2-11-20(16-9-7-15(19)8-10-16)13-17-12-14-5-3-4-6-18(14)21-17/h3-6,12,15-16H,2,7-11,13,19H2,1H3. The summed E-state index contributed by atoms with van der Waals surface area (Å²) in [6.07, 6.45) is 5.95. The zero-order valence-electron chi connectivity index (χ0n) is 12.9. The van der Waals surface area contributed by atoms with E-state index in [2.05, 4.69) is 30.0 Å². The maximum atomic E-state index is 6.04. The van der Waals surface area contributed by atoms with Crippen molar-refractivity contribution in [2.45, 2.75) is 57.7 Å². The molecule has 3 rings (SSSR count). The number of hydrogen-bond donors (Lipinski definition) is 1. The second-order valence-electron chi connectivity index (χ2n) is 6.29. The third-order valence-electron chi connectivity index (χ3n) is 4.60. The van der Waals surface area contributed by atoms with Gasteiger partial charge in [-0.15, -0.1) is 0 Å². The fourth-order valence-electron chi connectivity index (χ4n) is 3.46. The summed E-state index contributed by atoms with van der Waals surface area (Å²) >= 11 is 0. The molecule has 2 aromatic rings. The van der Waals surface area contributed by atoms with E-state index in [0.29, 0.717) is 12.1 Å². The third-order valence-corrected chi connectivity index (χ3v) is 4.60. The number of rotatable bonds is 5. The molecule has 1 fully saturated rings. The van der Waals surface area contributed by atoms with Crippen LogP contribution in [0.2, 0.25) is 0 Å². The molecule has 1 aromatic carbocycles. The highest BCUT2D eigenvalue weighted by Crippen LogP contribution is 2.26. The number of benzene rings is 1. The van der Waals surface area contributed by atoms with Crippen LogP contribution in [0.1, 0.15) is 44.8 Å². The zero-order chi connectivity index (χ0) is 14.7. The van der Waals surface area contributed by atoms with Gasteiger partial charge in [0, 0.05) is 17.5 Å². The largest absolute Gasteiger partial charge is 0.460 e. The Morgan fingerprint density at radius 3 is 2.67 bits per heavy atom. The molecule has 1 aliphatic carbocycles. The van der Waals surface area contributed by atoms with E-state index in [0.717, 1.165) is 37.3 Å². The summed E-state index contributed by atoms with van der Waals surface area (Å²) in [5.74, 6) is 1.08. The van der Waals surface area contributed by atoms with E-state index in [9.17, 15) is 0 Å². The van der Waals surface area contributed by atoms with Crippen molar-refractivity contribution in [3.8, 4) is 0 Å². The molecular weight excluding hydrogens is 260 g/mol. The minimum Gasteiger partial charge on any atom is -0.460 e. The first-order chi connectivity index (χ1) is 10.3. The van der Waals surface area contributed by atoms with Gasteiger partial charge in [0.2, 0.25) is 0 Å². The van der Waals surface area contributed by atoms with E-state index >= 15 is 0 Å². The van der Waals surface area contributed by atoms with Crippen molar-refractivity contribution in [2.24, 2.45) is 5.73 Å². The third kappa shape index (κ3) is 3.47. The summed E-state index contributed by atoms with van der Waals surface area (Å²) < 4.78 is 5.99. The Bertz CT molecular complexity index is 536. The molecule has 21 heavy (non-hydrogen) atoms. The van der Waals surface area contributed by atoms with Crippen LogP contribution in [0.25, 0.3) is 11.0 Å². The highest BCUT2D eigenvalue weighted by molar-refractivity contribution is 5.77. The van der Waals surface area contributed by atoms with Crippen LogP contribution in [0.3, 0.4) is 0 Å². The Morgan fingerprint density at radius 2 is 1.95 bits per heavy atom. The first-order valence-electron chi connectivity index (χ1n) is 8.23. The predicted octanol–water partition coefficient (Wildman–Crippen LogP) is 3.91. The van der Waals surface area contributed by atoms with Crippen LogP contribution in [0, 0.1) is 0 Å². The van der Waals surface area contributed by atoms with Crippen molar-refractivity contribution < 1.29 is 4.42 Å². The number of furan rings is 1. The van der Waals surface area contributed by atoms with Gasteiger partial charge in [0.15, 0.2) is 0 Å². The van der Waals surface area contributed by atoms with Crippen LogP contribution < -0.4 is 5.73 Å². The van der Waals surface area contributed by atoms with E-state index in [1.54, 1.807) is 0 Å². The number of fused-ring (bicyclic) bond motifs is 1. The maximum Gasteiger partial charge on any atom is 0.134 e. The van der Waals surface area contributed by atoms with Gasteiger partial charge in [-0.3, -0.25) is 4.90 Å². The van der Waals surface area contributed by atoms with E-state index in [1.165, 1.54) is 24.6 Å². The lowest BCUT2D eigenvalue weighted by molar-refractivity contribution is 0.133. The Hall–Kier alpha value is -1.32. The molecule has 1 aliphatic rings. The number of hydrogen-bond acceptors (Lipinski definition) is 3. The van der Waals surface area contributed by atoms with Crippen LogP contribution in [-0.2, 0) is 6.54 Å². The van der Waals surface area contributed by atoms with Crippen molar-refractivity contribution >= 4 is 11.0 Å². The maximum absolute atomic E-state index is 6.04. The lowest BCUT2D eigenvalue weighted by Crippen LogP contribution is -2.40. The molecule has 0 aliphatic heterocycles. The zero-order valence-corrected chi connectivity index (χ0v) is 12.9. The minimum absolute atomic E-state index is 0.413. The second kappa shape index (κ2) is 6.63. The highest BCUT2D eigenvalue weighted by atomic mass is 16.3. The van der Waals surface area contributed by atoms with Gasteiger partial charge in [-0.1, -0.05) is 25.1 Å². The molecule has 0 amide bonds. The number of nitrogens with two attached hydrogens (primary N) is 1. The van der Waals surface area contributed by atoms with Crippen molar-refractivity contribution in [3.05, 3.63) is 36.1 Å². The van der Waals surface area contributed by atoms with Crippen LogP contribution in [-0.4, -0.2) is 23.5 Å². The van der Waals surface area contributed by atoms with Crippen LogP contribution in [0.15, 0.2) is 34.7 Å². The van der Waals surface area contributed by atoms with E-state index < -0.39 is 0 Å². The smallest absolute Gasteiger partial charge is 0.134 e. The summed E-state index contributed by atoms with van der Waals surface area (Å²) in [5.41, 5.74) is 7.03. The highest BCUT2D eigenvalue weighted by Gasteiger charge is 2.24. The van der Waals surface area contributed by atoms with Gasteiger partial charge in [-0.05, 0) is 50.8 Å². The summed E-state index contributed by atoms with van der Waals surface area (Å²) in [5, 5.41) is 1.20. The van der Waals surface area contributed by atoms with Crippen molar-refractivity contribution in [3.63, 3.8) is 0 Å². The van der Waals surface area contributed by atoms with Crippen LogP contribution in [0.4, 0.5) is 0 Å². The summed E-state index contributed by atoms with van der Waals surface area (Å²) in [4.78, 5) is 2.59. The average molecular weight is 286 g/mol. The van der Waals surface area contributed by atoms with Gasteiger partial charge in [0.1, 0.15) is 11.3 Å². The molecule has 0 saturated heterocycles. The van der Waals surface area contributed by atoms with Gasteiger partial charge in [0.05, 0.1) is 6.54 Å². The first kappa shape index (κ1) is 14.6. The Morgan fingerprint density at radius 1 is 1.19 bits per heavy atom. The van der Waals surface area contributed by atoms with E-state index in [-0.39, 0.29) is 0 Å². The van der Waals surface area contributed by atoms with Gasteiger partial charge in [0.25, 0.3) is 0 Å². The molecule has 0 atom stereocenters. The van der Waals surface area contributed by atoms with Crippen molar-refractivity contribution in [1.29, 1.82) is 0 Å². The van der Waals surface area contributed by atoms with Crippen molar-refractivity contribution in [1.82, 2.24) is 4.90 Å². The lowest BCUT2D eigenvalue weighted by Gasteiger charge is -2.35. The molecule has 0 bridgehead atoms. The van der Waals surface area contributed by atoms with Crippen molar-refractivity contribution in [2.75, 3.05) is 6.54 Å². The monoisotopic (exact) mass is 286 g/mol. The Kier molecular flexibility index (Phi) is 4.61. The topological polar surface area (TPSA) is 42.4 Å². The Labute approximate surface area is 127 Å². The van der Waals surface area contributed by atoms with Gasteiger partial charge in [-0.2, -0.15) is 0 Å². The Balaban J connectivity index is 1.72. The molecule has 1 saturated carbocycles. The fraction of sp³-hybridized carbons (Fsp3) is 0.556. The molecule has 0 spiro atoms. The summed E-state index contributed by atoms with van der Waals surface area (Å²) in [6.45, 7) is 4.31. The molecule has 2 N–H and O–H groups in total. The first-order valence-corrected chi connectivity index (χ1v) is 8.23. The van der Waals surface area contributed by atoms with E-state index in [4.69, 9.17) is 10.2 Å². The quantitative estimate of drug-likeness (QED) is 0.906. The molecular formula is C18H26N2O. The summed E-state index contributed by atoms with van der Waals surface area (Å²) in [7, 11) is 0. The molecule has 0 radical (unpaired) electrons. The normalized spacial score (nSPS) is 23.0. The van der Waals surface area contributed by atoms with Gasteiger partial charge in [-0.25, -0.2) is 0 Å². The van der Waals surface area contributed by atoms with Crippen LogP contribution >= 0.6 is 0 Å². The van der Waals surface area contributed by atoms with Crippen LogP contribution in [0.5, 0.6) is 0 Å². The van der Waals surface area contributed by atoms with Gasteiger partial charge >= 0.3 is 0 Å². The molecule has 1 aromatic heterocycles. The minimum atomic E-state index is 0.413. The molecule has 1 heterocycles.